The molecule has 1 aromatic heterocycles. The Labute approximate surface area is 89.5 Å². The molecule has 0 spiro atoms. The van der Waals surface area contributed by atoms with Gasteiger partial charge in [-0.1, -0.05) is 12.8 Å². The summed E-state index contributed by atoms with van der Waals surface area (Å²) < 4.78 is 0. The van der Waals surface area contributed by atoms with Gasteiger partial charge in [0.15, 0.2) is 0 Å². The van der Waals surface area contributed by atoms with E-state index in [1.165, 1.54) is 0 Å². The Morgan fingerprint density at radius 1 is 1.40 bits per heavy atom. The summed E-state index contributed by atoms with van der Waals surface area (Å²) in [5, 5.41) is 13.2. The molecule has 0 amide bonds. The molecule has 0 saturated heterocycles. The Morgan fingerprint density at radius 2 is 2.13 bits per heavy atom. The minimum atomic E-state index is -0.539. The van der Waals surface area contributed by atoms with Crippen molar-refractivity contribution in [1.29, 1.82) is 0 Å². The lowest BCUT2D eigenvalue weighted by molar-refractivity contribution is 0.0614. The van der Waals surface area contributed by atoms with Crippen molar-refractivity contribution < 1.29 is 5.11 Å². The maximum Gasteiger partial charge on any atom is 0.126 e. The van der Waals surface area contributed by atoms with E-state index in [1.807, 2.05) is 6.07 Å². The predicted molar refractivity (Wildman–Crippen MR) is 60.6 cm³/mol. The van der Waals surface area contributed by atoms with E-state index in [0.717, 1.165) is 31.5 Å². The third-order valence-corrected chi connectivity index (χ3v) is 2.92. The quantitative estimate of drug-likeness (QED) is 0.700. The third-order valence-electron chi connectivity index (χ3n) is 2.92. The fraction of sp³-hybridized carbons (Fsp3) is 0.545. The van der Waals surface area contributed by atoms with Gasteiger partial charge in [0.2, 0.25) is 0 Å². The van der Waals surface area contributed by atoms with Crippen LogP contribution in [0.2, 0.25) is 0 Å². The van der Waals surface area contributed by atoms with Gasteiger partial charge in [-0.05, 0) is 25.0 Å². The normalized spacial score (nSPS) is 19.0. The number of nitrogens with two attached hydrogens (primary N) is 1. The molecule has 4 nitrogen and oxygen atoms in total. The van der Waals surface area contributed by atoms with E-state index in [0.29, 0.717) is 12.2 Å². The first-order valence-corrected chi connectivity index (χ1v) is 5.36. The second-order valence-corrected chi connectivity index (χ2v) is 4.26. The Balaban J connectivity index is 1.90. The van der Waals surface area contributed by atoms with E-state index < -0.39 is 5.60 Å². The van der Waals surface area contributed by atoms with Crippen molar-refractivity contribution in [2.45, 2.75) is 31.3 Å². The van der Waals surface area contributed by atoms with E-state index in [9.17, 15) is 5.11 Å². The zero-order valence-electron chi connectivity index (χ0n) is 8.74. The summed E-state index contributed by atoms with van der Waals surface area (Å²) in [5.74, 6) is 0.768. The highest BCUT2D eigenvalue weighted by Gasteiger charge is 2.30. The van der Waals surface area contributed by atoms with Gasteiger partial charge in [0.25, 0.3) is 0 Å². The van der Waals surface area contributed by atoms with Gasteiger partial charge in [-0.2, -0.15) is 0 Å². The zero-order valence-corrected chi connectivity index (χ0v) is 8.74. The SMILES string of the molecule is Nc1ccc(NCC2(O)CCCC2)nc1. The van der Waals surface area contributed by atoms with E-state index in [2.05, 4.69) is 10.3 Å². The third kappa shape index (κ3) is 2.59. The number of hydrogen-bond acceptors (Lipinski definition) is 4. The molecule has 15 heavy (non-hydrogen) atoms. The summed E-state index contributed by atoms with van der Waals surface area (Å²) >= 11 is 0. The average Bonchev–Trinajstić information content (AvgIpc) is 2.65. The summed E-state index contributed by atoms with van der Waals surface area (Å²) in [7, 11) is 0. The first kappa shape index (κ1) is 10.2. The van der Waals surface area contributed by atoms with Gasteiger partial charge >= 0.3 is 0 Å². The summed E-state index contributed by atoms with van der Waals surface area (Å²) in [4.78, 5) is 4.12. The van der Waals surface area contributed by atoms with Crippen molar-refractivity contribution in [2.24, 2.45) is 0 Å². The van der Waals surface area contributed by atoms with Gasteiger partial charge in [-0.3, -0.25) is 0 Å². The zero-order chi connectivity index (χ0) is 10.7. The highest BCUT2D eigenvalue weighted by molar-refractivity contribution is 5.43. The number of nitrogen functional groups attached to an aromatic ring is 1. The Hall–Kier alpha value is -1.29. The molecule has 1 aliphatic carbocycles. The van der Waals surface area contributed by atoms with Crippen LogP contribution in [0.4, 0.5) is 11.5 Å². The summed E-state index contributed by atoms with van der Waals surface area (Å²) in [6.45, 7) is 0.573. The van der Waals surface area contributed by atoms with E-state index in [1.54, 1.807) is 12.3 Å². The van der Waals surface area contributed by atoms with Crippen LogP contribution in [0.3, 0.4) is 0 Å². The number of aromatic nitrogens is 1. The molecular weight excluding hydrogens is 190 g/mol. The molecule has 0 unspecified atom stereocenters. The fourth-order valence-corrected chi connectivity index (χ4v) is 1.97. The van der Waals surface area contributed by atoms with E-state index in [-0.39, 0.29) is 0 Å². The minimum Gasteiger partial charge on any atom is -0.397 e. The maximum absolute atomic E-state index is 10.1. The number of anilines is 2. The number of nitrogens with one attached hydrogen (secondary N) is 1. The molecule has 1 fully saturated rings. The van der Waals surface area contributed by atoms with Crippen molar-refractivity contribution in [3.05, 3.63) is 18.3 Å². The molecule has 82 valence electrons. The fourth-order valence-electron chi connectivity index (χ4n) is 1.97. The molecule has 4 N–H and O–H groups in total. The summed E-state index contributed by atoms with van der Waals surface area (Å²) in [5.41, 5.74) is 5.65. The minimum absolute atomic E-state index is 0.539. The van der Waals surface area contributed by atoms with Gasteiger partial charge in [0.05, 0.1) is 17.5 Å². The van der Waals surface area contributed by atoms with Crippen LogP contribution in [0, 0.1) is 0 Å². The molecule has 0 aliphatic heterocycles. The van der Waals surface area contributed by atoms with Crippen LogP contribution in [0.25, 0.3) is 0 Å². The number of rotatable bonds is 3. The molecule has 4 heteroatoms. The first-order chi connectivity index (χ1) is 7.18. The van der Waals surface area contributed by atoms with Crippen LogP contribution >= 0.6 is 0 Å². The van der Waals surface area contributed by atoms with Crippen molar-refractivity contribution in [3.8, 4) is 0 Å². The van der Waals surface area contributed by atoms with E-state index in [4.69, 9.17) is 5.73 Å². The summed E-state index contributed by atoms with van der Waals surface area (Å²) in [6.07, 6.45) is 5.62. The monoisotopic (exact) mass is 207 g/mol. The molecule has 1 aliphatic rings. The number of aliphatic hydroxyl groups is 1. The molecule has 1 aromatic rings. The van der Waals surface area contributed by atoms with Crippen LogP contribution in [0.5, 0.6) is 0 Å². The van der Waals surface area contributed by atoms with Crippen LogP contribution < -0.4 is 11.1 Å². The first-order valence-electron chi connectivity index (χ1n) is 5.36. The molecule has 1 saturated carbocycles. The highest BCUT2D eigenvalue weighted by Crippen LogP contribution is 2.29. The second kappa shape index (κ2) is 4.06. The molecular formula is C11H17N3O. The molecule has 0 atom stereocenters. The number of hydrogen-bond donors (Lipinski definition) is 3. The second-order valence-electron chi connectivity index (χ2n) is 4.26. The molecule has 0 bridgehead atoms. The molecule has 1 heterocycles. The average molecular weight is 207 g/mol. The van der Waals surface area contributed by atoms with Crippen molar-refractivity contribution in [1.82, 2.24) is 4.98 Å². The number of pyridine rings is 1. The van der Waals surface area contributed by atoms with Crippen molar-refractivity contribution in [3.63, 3.8) is 0 Å². The summed E-state index contributed by atoms with van der Waals surface area (Å²) in [6, 6.07) is 3.63. The Bertz CT molecular complexity index is 317. The van der Waals surface area contributed by atoms with Gasteiger partial charge in [-0.25, -0.2) is 4.98 Å². The smallest absolute Gasteiger partial charge is 0.126 e. The van der Waals surface area contributed by atoms with Gasteiger partial charge < -0.3 is 16.2 Å². The van der Waals surface area contributed by atoms with Crippen molar-refractivity contribution >= 4 is 11.5 Å². The highest BCUT2D eigenvalue weighted by atomic mass is 16.3. The van der Waals surface area contributed by atoms with Crippen LogP contribution in [0.1, 0.15) is 25.7 Å². The van der Waals surface area contributed by atoms with E-state index >= 15 is 0 Å². The van der Waals surface area contributed by atoms with Gasteiger partial charge in [0, 0.05) is 6.54 Å². The molecule has 0 radical (unpaired) electrons. The molecule has 0 aromatic carbocycles. The van der Waals surface area contributed by atoms with Crippen LogP contribution in [-0.2, 0) is 0 Å². The van der Waals surface area contributed by atoms with Crippen LogP contribution in [0.15, 0.2) is 18.3 Å². The topological polar surface area (TPSA) is 71.2 Å². The number of nitrogens with zero attached hydrogens (tertiary/aromatic N) is 1. The van der Waals surface area contributed by atoms with Gasteiger partial charge in [-0.15, -0.1) is 0 Å². The standard InChI is InChI=1S/C11H17N3O/c12-9-3-4-10(13-7-9)14-8-11(15)5-1-2-6-11/h3-4,7,15H,1-2,5-6,8,12H2,(H,13,14). The maximum atomic E-state index is 10.1. The van der Waals surface area contributed by atoms with Gasteiger partial charge in [0.1, 0.15) is 5.82 Å². The molecule has 2 rings (SSSR count). The Morgan fingerprint density at radius 3 is 2.73 bits per heavy atom. The lowest BCUT2D eigenvalue weighted by Gasteiger charge is -2.22. The largest absolute Gasteiger partial charge is 0.397 e. The lowest BCUT2D eigenvalue weighted by Crippen LogP contribution is -2.33. The van der Waals surface area contributed by atoms with Crippen LogP contribution in [-0.4, -0.2) is 22.2 Å². The van der Waals surface area contributed by atoms with Crippen molar-refractivity contribution in [2.75, 3.05) is 17.6 Å². The predicted octanol–water partition coefficient (Wildman–Crippen LogP) is 1.38. The lowest BCUT2D eigenvalue weighted by atomic mass is 10.0. The Kier molecular flexibility index (Phi) is 2.77.